The minimum atomic E-state index is -0.299. The van der Waals surface area contributed by atoms with Crippen molar-refractivity contribution in [2.24, 2.45) is 0 Å². The summed E-state index contributed by atoms with van der Waals surface area (Å²) in [6, 6.07) is 10.7. The molecule has 0 bridgehead atoms. The standard InChI is InChI=1S/C18H17BrN2O4/c1-24-13-4-5-14(16(9-13)25-2)20-17(22)10-21-15-6-3-12(19)7-11(15)8-18(21)23/h3-7,9H,8,10H2,1-2H3,(H,20,22). The van der Waals surface area contributed by atoms with Gasteiger partial charge in [0, 0.05) is 16.2 Å². The van der Waals surface area contributed by atoms with Gasteiger partial charge in [0.25, 0.3) is 0 Å². The molecule has 3 rings (SSSR count). The fourth-order valence-corrected chi connectivity index (χ4v) is 3.17. The van der Waals surface area contributed by atoms with Crippen molar-refractivity contribution in [2.45, 2.75) is 6.42 Å². The van der Waals surface area contributed by atoms with E-state index in [0.717, 1.165) is 15.7 Å². The molecule has 2 aromatic carbocycles. The third kappa shape index (κ3) is 3.61. The Balaban J connectivity index is 1.75. The van der Waals surface area contributed by atoms with Gasteiger partial charge in [-0.05, 0) is 35.9 Å². The molecule has 0 spiro atoms. The second kappa shape index (κ2) is 7.14. The van der Waals surface area contributed by atoms with Crippen molar-refractivity contribution in [1.82, 2.24) is 0 Å². The SMILES string of the molecule is COc1ccc(NC(=O)CN2C(=O)Cc3cc(Br)ccc32)c(OC)c1. The van der Waals surface area contributed by atoms with E-state index in [2.05, 4.69) is 21.2 Å². The van der Waals surface area contributed by atoms with Gasteiger partial charge in [-0.2, -0.15) is 0 Å². The van der Waals surface area contributed by atoms with Gasteiger partial charge in [0.05, 0.1) is 26.3 Å². The van der Waals surface area contributed by atoms with E-state index in [-0.39, 0.29) is 18.4 Å². The number of benzene rings is 2. The third-order valence-electron chi connectivity index (χ3n) is 3.96. The van der Waals surface area contributed by atoms with Crippen LogP contribution >= 0.6 is 15.9 Å². The quantitative estimate of drug-likeness (QED) is 0.831. The molecule has 0 aliphatic carbocycles. The van der Waals surface area contributed by atoms with Gasteiger partial charge in [0.15, 0.2) is 0 Å². The van der Waals surface area contributed by atoms with Gasteiger partial charge in [-0.15, -0.1) is 0 Å². The molecule has 1 aliphatic rings. The number of anilines is 2. The lowest BCUT2D eigenvalue weighted by Gasteiger charge is -2.18. The number of carbonyl (C=O) groups excluding carboxylic acids is 2. The summed E-state index contributed by atoms with van der Waals surface area (Å²) >= 11 is 3.39. The van der Waals surface area contributed by atoms with Crippen molar-refractivity contribution in [3.05, 3.63) is 46.4 Å². The van der Waals surface area contributed by atoms with Crippen LogP contribution in [-0.4, -0.2) is 32.6 Å². The van der Waals surface area contributed by atoms with Crippen LogP contribution in [0.1, 0.15) is 5.56 Å². The Labute approximate surface area is 153 Å². The van der Waals surface area contributed by atoms with E-state index in [4.69, 9.17) is 9.47 Å². The molecule has 1 aliphatic heterocycles. The number of hydrogen-bond donors (Lipinski definition) is 1. The number of halogens is 1. The van der Waals surface area contributed by atoms with Crippen molar-refractivity contribution in [3.8, 4) is 11.5 Å². The number of ether oxygens (including phenoxy) is 2. The monoisotopic (exact) mass is 404 g/mol. The first-order valence-corrected chi connectivity index (χ1v) is 8.42. The number of hydrogen-bond acceptors (Lipinski definition) is 4. The Morgan fingerprint density at radius 3 is 2.72 bits per heavy atom. The number of nitrogens with zero attached hydrogens (tertiary/aromatic N) is 1. The Morgan fingerprint density at radius 1 is 1.20 bits per heavy atom. The lowest BCUT2D eigenvalue weighted by Crippen LogP contribution is -2.35. The summed E-state index contributed by atoms with van der Waals surface area (Å²) in [5.41, 5.74) is 2.20. The van der Waals surface area contributed by atoms with Crippen LogP contribution in [0.5, 0.6) is 11.5 Å². The zero-order valence-electron chi connectivity index (χ0n) is 13.8. The molecule has 130 valence electrons. The largest absolute Gasteiger partial charge is 0.497 e. The molecular formula is C18H17BrN2O4. The maximum atomic E-state index is 12.4. The maximum Gasteiger partial charge on any atom is 0.244 e. The van der Waals surface area contributed by atoms with Gasteiger partial charge in [0.1, 0.15) is 18.0 Å². The molecule has 0 atom stereocenters. The van der Waals surface area contributed by atoms with Gasteiger partial charge < -0.3 is 19.7 Å². The Morgan fingerprint density at radius 2 is 2.00 bits per heavy atom. The van der Waals surface area contributed by atoms with Crippen LogP contribution in [0.25, 0.3) is 0 Å². The average molecular weight is 405 g/mol. The summed E-state index contributed by atoms with van der Waals surface area (Å²) in [5, 5.41) is 2.78. The van der Waals surface area contributed by atoms with Crippen molar-refractivity contribution >= 4 is 39.1 Å². The summed E-state index contributed by atoms with van der Waals surface area (Å²) in [6.07, 6.45) is 0.300. The minimum absolute atomic E-state index is 0.0529. The summed E-state index contributed by atoms with van der Waals surface area (Å²) in [7, 11) is 3.07. The molecule has 0 unspecified atom stereocenters. The van der Waals surface area contributed by atoms with Crippen LogP contribution in [0.15, 0.2) is 40.9 Å². The fraction of sp³-hybridized carbons (Fsp3) is 0.222. The second-order valence-electron chi connectivity index (χ2n) is 5.54. The highest BCUT2D eigenvalue weighted by Gasteiger charge is 2.29. The molecule has 6 nitrogen and oxygen atoms in total. The molecule has 2 aromatic rings. The van der Waals surface area contributed by atoms with Gasteiger partial charge in [-0.1, -0.05) is 15.9 Å². The number of rotatable bonds is 5. The number of fused-ring (bicyclic) bond motifs is 1. The second-order valence-corrected chi connectivity index (χ2v) is 6.46. The normalized spacial score (nSPS) is 12.8. The van der Waals surface area contributed by atoms with E-state index in [1.807, 2.05) is 18.2 Å². The van der Waals surface area contributed by atoms with Crippen molar-refractivity contribution in [1.29, 1.82) is 0 Å². The van der Waals surface area contributed by atoms with Crippen molar-refractivity contribution in [2.75, 3.05) is 31.0 Å². The van der Waals surface area contributed by atoms with Crippen LogP contribution in [0.4, 0.5) is 11.4 Å². The number of carbonyl (C=O) groups is 2. The summed E-state index contributed by atoms with van der Waals surface area (Å²) in [5.74, 6) is 0.728. The molecule has 0 fully saturated rings. The molecule has 1 N–H and O–H groups in total. The zero-order chi connectivity index (χ0) is 18.0. The lowest BCUT2D eigenvalue weighted by molar-refractivity contribution is -0.120. The van der Waals surface area contributed by atoms with Gasteiger partial charge in [-0.25, -0.2) is 0 Å². The topological polar surface area (TPSA) is 67.9 Å². The summed E-state index contributed by atoms with van der Waals surface area (Å²) in [6.45, 7) is -0.0529. The molecule has 0 saturated carbocycles. The predicted molar refractivity (Wildman–Crippen MR) is 98.4 cm³/mol. The smallest absolute Gasteiger partial charge is 0.244 e. The molecule has 0 radical (unpaired) electrons. The highest BCUT2D eigenvalue weighted by molar-refractivity contribution is 9.10. The van der Waals surface area contributed by atoms with Gasteiger partial charge >= 0.3 is 0 Å². The Bertz CT molecular complexity index is 838. The Hall–Kier alpha value is -2.54. The van der Waals surface area contributed by atoms with E-state index in [1.165, 1.54) is 12.0 Å². The molecule has 0 aromatic heterocycles. The van der Waals surface area contributed by atoms with Crippen molar-refractivity contribution in [3.63, 3.8) is 0 Å². The van der Waals surface area contributed by atoms with E-state index < -0.39 is 0 Å². The van der Waals surface area contributed by atoms with Crippen LogP contribution in [0, 0.1) is 0 Å². The molecule has 25 heavy (non-hydrogen) atoms. The highest BCUT2D eigenvalue weighted by Crippen LogP contribution is 2.32. The maximum absolute atomic E-state index is 12.4. The zero-order valence-corrected chi connectivity index (χ0v) is 15.4. The van der Waals surface area contributed by atoms with E-state index >= 15 is 0 Å². The molecule has 7 heteroatoms. The van der Waals surface area contributed by atoms with Gasteiger partial charge in [0.2, 0.25) is 11.8 Å². The predicted octanol–water partition coefficient (Wildman–Crippen LogP) is 2.99. The fourth-order valence-electron chi connectivity index (χ4n) is 2.76. The average Bonchev–Trinajstić information content (AvgIpc) is 2.89. The Kier molecular flexibility index (Phi) is 4.94. The molecule has 2 amide bonds. The lowest BCUT2D eigenvalue weighted by atomic mass is 10.2. The number of amides is 2. The molecular weight excluding hydrogens is 388 g/mol. The summed E-state index contributed by atoms with van der Waals surface area (Å²) < 4.78 is 11.3. The van der Waals surface area contributed by atoms with E-state index in [9.17, 15) is 9.59 Å². The van der Waals surface area contributed by atoms with E-state index in [1.54, 1.807) is 25.3 Å². The first kappa shape index (κ1) is 17.3. The van der Waals surface area contributed by atoms with Crippen LogP contribution in [0.3, 0.4) is 0 Å². The number of methoxy groups -OCH3 is 2. The van der Waals surface area contributed by atoms with Crippen LogP contribution < -0.4 is 19.7 Å². The highest BCUT2D eigenvalue weighted by atomic mass is 79.9. The van der Waals surface area contributed by atoms with Gasteiger partial charge in [-0.3, -0.25) is 9.59 Å². The summed E-state index contributed by atoms with van der Waals surface area (Å²) in [4.78, 5) is 26.1. The minimum Gasteiger partial charge on any atom is -0.497 e. The third-order valence-corrected chi connectivity index (χ3v) is 4.45. The van der Waals surface area contributed by atoms with E-state index in [0.29, 0.717) is 23.6 Å². The molecule has 0 saturated heterocycles. The molecule has 1 heterocycles. The number of nitrogens with one attached hydrogen (secondary N) is 1. The first-order valence-electron chi connectivity index (χ1n) is 7.62. The van der Waals surface area contributed by atoms with Crippen molar-refractivity contribution < 1.29 is 19.1 Å². The first-order chi connectivity index (χ1) is 12.0. The van der Waals surface area contributed by atoms with Crippen LogP contribution in [0.2, 0.25) is 0 Å². The van der Waals surface area contributed by atoms with Crippen LogP contribution in [-0.2, 0) is 16.0 Å².